The number of sulfone groups is 1. The molecule has 0 aliphatic carbocycles. The summed E-state index contributed by atoms with van der Waals surface area (Å²) < 4.78 is 36.9. The summed E-state index contributed by atoms with van der Waals surface area (Å²) in [5.74, 6) is 0.0808. The van der Waals surface area contributed by atoms with Crippen molar-refractivity contribution in [2.45, 2.75) is 25.3 Å². The van der Waals surface area contributed by atoms with Gasteiger partial charge in [0.25, 0.3) is 11.5 Å². The van der Waals surface area contributed by atoms with Crippen molar-refractivity contribution < 1.29 is 22.5 Å². The third kappa shape index (κ3) is 4.82. The van der Waals surface area contributed by atoms with E-state index in [1.54, 1.807) is 37.3 Å². The first kappa shape index (κ1) is 23.5. The second-order valence-electron chi connectivity index (χ2n) is 7.37. The molecule has 0 unspecified atom stereocenters. The van der Waals surface area contributed by atoms with Crippen LogP contribution >= 0.6 is 11.6 Å². The van der Waals surface area contributed by atoms with Gasteiger partial charge >= 0.3 is 0 Å². The number of aromatic nitrogens is 2. The predicted octanol–water partition coefficient (Wildman–Crippen LogP) is 3.87. The number of rotatable bonds is 7. The maximum Gasteiger partial charge on any atom is 0.287 e. The largest absolute Gasteiger partial charge is 0.485 e. The second kappa shape index (κ2) is 9.32. The fourth-order valence-corrected chi connectivity index (χ4v) is 4.35. The van der Waals surface area contributed by atoms with E-state index in [2.05, 4.69) is 10.3 Å². The third-order valence-corrected chi connectivity index (χ3v) is 7.02. The predicted molar refractivity (Wildman–Crippen MR) is 126 cm³/mol. The molecule has 2 heterocycles. The molecule has 2 aromatic heterocycles. The van der Waals surface area contributed by atoms with Crippen molar-refractivity contribution in [3.63, 3.8) is 0 Å². The molecule has 2 aromatic carbocycles. The molecule has 34 heavy (non-hydrogen) atoms. The van der Waals surface area contributed by atoms with Crippen LogP contribution in [-0.2, 0) is 16.4 Å². The highest BCUT2D eigenvalue weighted by Gasteiger charge is 2.18. The molecule has 4 rings (SSSR count). The molecule has 0 bridgehead atoms. The zero-order valence-electron chi connectivity index (χ0n) is 18.2. The van der Waals surface area contributed by atoms with Crippen molar-refractivity contribution >= 4 is 38.7 Å². The van der Waals surface area contributed by atoms with Gasteiger partial charge in [0.2, 0.25) is 0 Å². The summed E-state index contributed by atoms with van der Waals surface area (Å²) in [4.78, 5) is 29.4. The number of fused-ring (bicyclic) bond motifs is 1. The molecule has 4 aromatic rings. The van der Waals surface area contributed by atoms with E-state index < -0.39 is 21.3 Å². The van der Waals surface area contributed by atoms with Crippen LogP contribution in [0.5, 0.6) is 5.75 Å². The molecule has 176 valence electrons. The number of benzene rings is 2. The molecule has 0 fully saturated rings. The summed E-state index contributed by atoms with van der Waals surface area (Å²) in [6.07, 6.45) is 0. The number of ether oxygens (including phenoxy) is 1. The smallest absolute Gasteiger partial charge is 0.287 e. The number of hydrogen-bond acceptors (Lipinski definition) is 7. The number of nitrogens with zero attached hydrogens (tertiary/aromatic N) is 2. The molecule has 1 N–H and O–H groups in total. The number of carbonyl (C=O) groups is 1. The van der Waals surface area contributed by atoms with Crippen LogP contribution in [-0.4, -0.2) is 29.6 Å². The van der Waals surface area contributed by atoms with Gasteiger partial charge in [0.1, 0.15) is 18.1 Å². The molecule has 0 aliphatic rings. The molecule has 0 saturated heterocycles. The first-order chi connectivity index (χ1) is 16.2. The normalized spacial score (nSPS) is 11.5. The Morgan fingerprint density at radius 1 is 1.18 bits per heavy atom. The average molecular weight is 502 g/mol. The van der Waals surface area contributed by atoms with Gasteiger partial charge in [0.15, 0.2) is 15.5 Å². The van der Waals surface area contributed by atoms with Crippen molar-refractivity contribution in [3.05, 3.63) is 87.0 Å². The van der Waals surface area contributed by atoms with Crippen LogP contribution in [0.3, 0.4) is 0 Å². The summed E-state index contributed by atoms with van der Waals surface area (Å²) in [7, 11) is -3.54. The molecular weight excluding hydrogens is 482 g/mol. The molecule has 9 nitrogen and oxygen atoms in total. The Hall–Kier alpha value is -3.63. The fourth-order valence-electron chi connectivity index (χ4n) is 3.23. The maximum absolute atomic E-state index is 12.8. The van der Waals surface area contributed by atoms with Gasteiger partial charge in [-0.1, -0.05) is 30.7 Å². The summed E-state index contributed by atoms with van der Waals surface area (Å²) in [6.45, 7) is 3.12. The number of hydrogen-bond donors (Lipinski definition) is 1. The van der Waals surface area contributed by atoms with Crippen LogP contribution in [0.2, 0.25) is 5.02 Å². The van der Waals surface area contributed by atoms with E-state index in [0.717, 1.165) is 4.57 Å². The molecule has 0 saturated carbocycles. The Balaban J connectivity index is 1.66. The summed E-state index contributed by atoms with van der Waals surface area (Å²) in [6, 6.07) is 13.5. The van der Waals surface area contributed by atoms with Gasteiger partial charge in [0, 0.05) is 12.1 Å². The van der Waals surface area contributed by atoms with Crippen molar-refractivity contribution in [3.8, 4) is 5.75 Å². The van der Waals surface area contributed by atoms with E-state index in [1.807, 2.05) is 0 Å². The Morgan fingerprint density at radius 3 is 2.68 bits per heavy atom. The standard InChI is InChI=1S/C23H20ClN3O6S/c1-3-34(30,31)16-8-9-20(19(12-16)26-23(29)17-6-4-5-7-18(17)24)32-13-15-11-22(28)27-21(25-15)10-14(2)33-27/h4-12H,3,13H2,1-2H3,(H,26,29). The van der Waals surface area contributed by atoms with Crippen LogP contribution in [0.15, 0.2) is 68.8 Å². The van der Waals surface area contributed by atoms with Crippen LogP contribution in [0.25, 0.3) is 5.65 Å². The lowest BCUT2D eigenvalue weighted by Crippen LogP contribution is -2.16. The Morgan fingerprint density at radius 2 is 1.94 bits per heavy atom. The van der Waals surface area contributed by atoms with Crippen molar-refractivity contribution in [2.75, 3.05) is 11.1 Å². The molecule has 11 heteroatoms. The molecule has 0 atom stereocenters. The van der Waals surface area contributed by atoms with Gasteiger partial charge in [-0.15, -0.1) is 4.57 Å². The highest BCUT2D eigenvalue weighted by atomic mass is 35.5. The van der Waals surface area contributed by atoms with E-state index in [4.69, 9.17) is 20.9 Å². The first-order valence-corrected chi connectivity index (χ1v) is 12.3. The van der Waals surface area contributed by atoms with E-state index >= 15 is 0 Å². The minimum Gasteiger partial charge on any atom is -0.485 e. The molecule has 1 amide bonds. The Kier molecular flexibility index (Phi) is 6.45. The summed E-state index contributed by atoms with van der Waals surface area (Å²) in [5.41, 5.74) is 0.610. The van der Waals surface area contributed by atoms with Gasteiger partial charge in [-0.2, -0.15) is 0 Å². The lowest BCUT2D eigenvalue weighted by Gasteiger charge is -2.14. The summed E-state index contributed by atoms with van der Waals surface area (Å²) in [5, 5.41) is 2.91. The number of amides is 1. The summed E-state index contributed by atoms with van der Waals surface area (Å²) >= 11 is 6.12. The van der Waals surface area contributed by atoms with Crippen LogP contribution in [0.4, 0.5) is 5.69 Å². The number of nitrogens with one attached hydrogen (secondary N) is 1. The second-order valence-corrected chi connectivity index (χ2v) is 10.1. The van der Waals surface area contributed by atoms with Crippen molar-refractivity contribution in [1.29, 1.82) is 0 Å². The zero-order chi connectivity index (χ0) is 24.5. The van der Waals surface area contributed by atoms with Crippen molar-refractivity contribution in [1.82, 2.24) is 9.56 Å². The van der Waals surface area contributed by atoms with E-state index in [-0.39, 0.29) is 39.3 Å². The Labute approximate surface area is 199 Å². The van der Waals surface area contributed by atoms with Crippen LogP contribution in [0, 0.1) is 6.92 Å². The Bertz CT molecular complexity index is 1560. The number of carbonyl (C=O) groups excluding carboxylic acids is 1. The number of anilines is 1. The molecule has 0 spiro atoms. The van der Waals surface area contributed by atoms with Gasteiger partial charge in [-0.25, -0.2) is 13.4 Å². The highest BCUT2D eigenvalue weighted by Crippen LogP contribution is 2.30. The lowest BCUT2D eigenvalue weighted by atomic mass is 10.2. The van der Waals surface area contributed by atoms with E-state index in [1.165, 1.54) is 31.2 Å². The zero-order valence-corrected chi connectivity index (χ0v) is 19.8. The molecule has 0 aliphatic heterocycles. The highest BCUT2D eigenvalue weighted by molar-refractivity contribution is 7.91. The maximum atomic E-state index is 12.8. The third-order valence-electron chi connectivity index (χ3n) is 4.96. The lowest BCUT2D eigenvalue weighted by molar-refractivity contribution is 0.102. The van der Waals surface area contributed by atoms with Crippen molar-refractivity contribution in [2.24, 2.45) is 0 Å². The van der Waals surface area contributed by atoms with Crippen LogP contribution in [0.1, 0.15) is 28.7 Å². The van der Waals surface area contributed by atoms with Gasteiger partial charge < -0.3 is 14.6 Å². The quantitative estimate of drug-likeness (QED) is 0.408. The van der Waals surface area contributed by atoms with Crippen LogP contribution < -0.4 is 15.6 Å². The van der Waals surface area contributed by atoms with Gasteiger partial charge in [-0.05, 0) is 37.3 Å². The molecule has 0 radical (unpaired) electrons. The van der Waals surface area contributed by atoms with Gasteiger partial charge in [-0.3, -0.25) is 9.59 Å². The topological polar surface area (TPSA) is 120 Å². The first-order valence-electron chi connectivity index (χ1n) is 10.2. The number of aryl methyl sites for hydroxylation is 1. The number of halogens is 1. The minimum atomic E-state index is -3.54. The van der Waals surface area contributed by atoms with E-state index in [0.29, 0.717) is 17.1 Å². The SMILES string of the molecule is CCS(=O)(=O)c1ccc(OCc2cc(=O)n3oc(C)cc3n2)c(NC(=O)c2ccccc2Cl)c1. The monoisotopic (exact) mass is 501 g/mol. The van der Waals surface area contributed by atoms with E-state index in [9.17, 15) is 18.0 Å². The minimum absolute atomic E-state index is 0.0310. The fraction of sp³-hybridized carbons (Fsp3) is 0.174. The van der Waals surface area contributed by atoms with Gasteiger partial charge in [0.05, 0.1) is 32.6 Å². The molecular formula is C23H20ClN3O6S. The average Bonchev–Trinajstić information content (AvgIpc) is 3.19.